The Balaban J connectivity index is 1.58. The van der Waals surface area contributed by atoms with Crippen molar-refractivity contribution >= 4 is 28.3 Å². The SMILES string of the molecule is COc1cnc(NC(=O)N2CCCN(c3cccnn3)CC2)s1. The minimum Gasteiger partial charge on any atom is -0.486 e. The summed E-state index contributed by atoms with van der Waals surface area (Å²) in [5.41, 5.74) is 0. The molecule has 1 aliphatic heterocycles. The highest BCUT2D eigenvalue weighted by atomic mass is 32.1. The first-order chi connectivity index (χ1) is 11.3. The molecule has 1 fully saturated rings. The fourth-order valence-electron chi connectivity index (χ4n) is 2.39. The second-order valence-corrected chi connectivity index (χ2v) is 6.02. The second-order valence-electron chi connectivity index (χ2n) is 5.03. The van der Waals surface area contributed by atoms with Gasteiger partial charge in [-0.3, -0.25) is 5.32 Å². The molecule has 0 aromatic carbocycles. The van der Waals surface area contributed by atoms with Crippen molar-refractivity contribution in [3.63, 3.8) is 0 Å². The summed E-state index contributed by atoms with van der Waals surface area (Å²) in [6, 6.07) is 3.67. The lowest BCUT2D eigenvalue weighted by Crippen LogP contribution is -2.38. The van der Waals surface area contributed by atoms with Crippen LogP contribution >= 0.6 is 11.3 Å². The van der Waals surface area contributed by atoms with Gasteiger partial charge in [-0.2, -0.15) is 5.10 Å². The van der Waals surface area contributed by atoms with Crippen LogP contribution in [0, 0.1) is 0 Å². The first-order valence-electron chi connectivity index (χ1n) is 7.34. The van der Waals surface area contributed by atoms with Gasteiger partial charge in [-0.15, -0.1) is 5.10 Å². The molecule has 0 atom stereocenters. The highest BCUT2D eigenvalue weighted by Gasteiger charge is 2.20. The van der Waals surface area contributed by atoms with Crippen LogP contribution in [0.2, 0.25) is 0 Å². The number of hydrogen-bond acceptors (Lipinski definition) is 7. The zero-order valence-corrected chi connectivity index (χ0v) is 13.6. The molecule has 122 valence electrons. The number of nitrogens with one attached hydrogen (secondary N) is 1. The lowest BCUT2D eigenvalue weighted by atomic mass is 10.4. The van der Waals surface area contributed by atoms with Crippen molar-refractivity contribution in [1.29, 1.82) is 0 Å². The first-order valence-corrected chi connectivity index (χ1v) is 8.16. The van der Waals surface area contributed by atoms with Crippen molar-refractivity contribution in [2.45, 2.75) is 6.42 Å². The van der Waals surface area contributed by atoms with E-state index in [0.29, 0.717) is 23.3 Å². The van der Waals surface area contributed by atoms with Gasteiger partial charge in [0.1, 0.15) is 0 Å². The highest BCUT2D eigenvalue weighted by Crippen LogP contribution is 2.25. The molecule has 0 spiro atoms. The predicted octanol–water partition coefficient (Wildman–Crippen LogP) is 1.69. The van der Waals surface area contributed by atoms with Crippen LogP contribution in [0.1, 0.15) is 6.42 Å². The maximum absolute atomic E-state index is 12.4. The second kappa shape index (κ2) is 7.23. The maximum Gasteiger partial charge on any atom is 0.323 e. The number of urea groups is 1. The number of aromatic nitrogens is 3. The molecule has 8 nitrogen and oxygen atoms in total. The van der Waals surface area contributed by atoms with E-state index in [9.17, 15) is 4.79 Å². The molecule has 2 aromatic heterocycles. The van der Waals surface area contributed by atoms with E-state index in [2.05, 4.69) is 25.4 Å². The molecule has 1 N–H and O–H groups in total. The smallest absolute Gasteiger partial charge is 0.323 e. The van der Waals surface area contributed by atoms with Gasteiger partial charge in [0, 0.05) is 32.4 Å². The van der Waals surface area contributed by atoms with E-state index in [4.69, 9.17) is 4.74 Å². The molecule has 0 saturated carbocycles. The lowest BCUT2D eigenvalue weighted by Gasteiger charge is -2.22. The summed E-state index contributed by atoms with van der Waals surface area (Å²) < 4.78 is 5.08. The Morgan fingerprint density at radius 1 is 1.35 bits per heavy atom. The van der Waals surface area contributed by atoms with Crippen LogP contribution in [-0.4, -0.2) is 59.4 Å². The molecule has 0 radical (unpaired) electrons. The number of hydrogen-bond donors (Lipinski definition) is 1. The molecule has 0 unspecified atom stereocenters. The Morgan fingerprint density at radius 2 is 2.26 bits per heavy atom. The molecule has 9 heteroatoms. The number of amides is 2. The largest absolute Gasteiger partial charge is 0.486 e. The maximum atomic E-state index is 12.4. The highest BCUT2D eigenvalue weighted by molar-refractivity contribution is 7.17. The van der Waals surface area contributed by atoms with Crippen molar-refractivity contribution in [2.75, 3.05) is 43.5 Å². The Kier molecular flexibility index (Phi) is 4.86. The number of carbonyl (C=O) groups excluding carboxylic acids is 1. The van der Waals surface area contributed by atoms with Gasteiger partial charge in [-0.1, -0.05) is 11.3 Å². The van der Waals surface area contributed by atoms with E-state index < -0.39 is 0 Å². The van der Waals surface area contributed by atoms with Crippen LogP contribution in [-0.2, 0) is 0 Å². The minimum absolute atomic E-state index is 0.136. The lowest BCUT2D eigenvalue weighted by molar-refractivity contribution is 0.215. The molecule has 23 heavy (non-hydrogen) atoms. The van der Waals surface area contributed by atoms with E-state index in [-0.39, 0.29) is 6.03 Å². The molecular weight excluding hydrogens is 316 g/mol. The molecule has 3 rings (SSSR count). The van der Waals surface area contributed by atoms with E-state index in [1.165, 1.54) is 11.3 Å². The van der Waals surface area contributed by atoms with Gasteiger partial charge in [0.05, 0.1) is 13.3 Å². The zero-order chi connectivity index (χ0) is 16.1. The summed E-state index contributed by atoms with van der Waals surface area (Å²) in [5, 5.41) is 12.1. The molecule has 2 aromatic rings. The van der Waals surface area contributed by atoms with Crippen molar-refractivity contribution in [3.8, 4) is 5.06 Å². The molecule has 1 aliphatic rings. The monoisotopic (exact) mass is 334 g/mol. The fourth-order valence-corrected chi connectivity index (χ4v) is 3.02. The van der Waals surface area contributed by atoms with E-state index in [0.717, 1.165) is 25.3 Å². The molecule has 0 aliphatic carbocycles. The van der Waals surface area contributed by atoms with E-state index in [1.54, 1.807) is 24.4 Å². The van der Waals surface area contributed by atoms with Crippen LogP contribution in [0.5, 0.6) is 5.06 Å². The summed E-state index contributed by atoms with van der Waals surface area (Å²) in [4.78, 5) is 20.4. The fraction of sp³-hybridized carbons (Fsp3) is 0.429. The standard InChI is InChI=1S/C14H18N6O2S/c1-22-12-10-15-13(23-12)17-14(21)20-7-3-6-19(8-9-20)11-4-2-5-16-18-11/h2,4-5,10H,3,6-9H2,1H3,(H,15,17,21). The molecular formula is C14H18N6O2S. The van der Waals surface area contributed by atoms with Gasteiger partial charge >= 0.3 is 6.03 Å². The number of methoxy groups -OCH3 is 1. The Labute approximate surface area is 138 Å². The predicted molar refractivity (Wildman–Crippen MR) is 88.1 cm³/mol. The average molecular weight is 334 g/mol. The number of thiazole rings is 1. The van der Waals surface area contributed by atoms with Gasteiger partial charge in [0.2, 0.25) is 0 Å². The normalized spacial score (nSPS) is 15.2. The number of nitrogens with zero attached hydrogens (tertiary/aromatic N) is 5. The quantitative estimate of drug-likeness (QED) is 0.919. The van der Waals surface area contributed by atoms with Crippen LogP contribution in [0.3, 0.4) is 0 Å². The van der Waals surface area contributed by atoms with Gasteiger partial charge < -0.3 is 14.5 Å². The number of ether oxygens (including phenoxy) is 1. The van der Waals surface area contributed by atoms with Gasteiger partial charge in [0.25, 0.3) is 0 Å². The van der Waals surface area contributed by atoms with Crippen LogP contribution in [0.25, 0.3) is 0 Å². The third-order valence-corrected chi connectivity index (χ3v) is 4.44. The minimum atomic E-state index is -0.136. The van der Waals surface area contributed by atoms with Crippen molar-refractivity contribution in [3.05, 3.63) is 24.5 Å². The van der Waals surface area contributed by atoms with Crippen molar-refractivity contribution in [2.24, 2.45) is 0 Å². The Morgan fingerprint density at radius 3 is 3.00 bits per heavy atom. The van der Waals surface area contributed by atoms with Gasteiger partial charge in [-0.05, 0) is 18.6 Å². The van der Waals surface area contributed by atoms with Crippen LogP contribution in [0.15, 0.2) is 24.5 Å². The third kappa shape index (κ3) is 3.86. The van der Waals surface area contributed by atoms with Gasteiger partial charge in [0.15, 0.2) is 16.0 Å². The topological polar surface area (TPSA) is 83.5 Å². The summed E-state index contributed by atoms with van der Waals surface area (Å²) in [6.07, 6.45) is 4.13. The molecule has 1 saturated heterocycles. The number of carbonyl (C=O) groups is 1. The number of rotatable bonds is 3. The molecule has 3 heterocycles. The zero-order valence-electron chi connectivity index (χ0n) is 12.8. The van der Waals surface area contributed by atoms with E-state index in [1.807, 2.05) is 12.1 Å². The molecule has 2 amide bonds. The van der Waals surface area contributed by atoms with Crippen LogP contribution < -0.4 is 15.0 Å². The van der Waals surface area contributed by atoms with E-state index >= 15 is 0 Å². The van der Waals surface area contributed by atoms with Crippen molar-refractivity contribution in [1.82, 2.24) is 20.1 Å². The average Bonchev–Trinajstić information content (AvgIpc) is 2.89. The van der Waals surface area contributed by atoms with Gasteiger partial charge in [-0.25, -0.2) is 9.78 Å². The third-order valence-electron chi connectivity index (χ3n) is 3.56. The Hall–Kier alpha value is -2.42. The summed E-state index contributed by atoms with van der Waals surface area (Å²) in [7, 11) is 1.58. The summed E-state index contributed by atoms with van der Waals surface area (Å²) >= 11 is 1.31. The Bertz CT molecular complexity index is 650. The summed E-state index contributed by atoms with van der Waals surface area (Å²) in [5.74, 6) is 0.847. The summed E-state index contributed by atoms with van der Waals surface area (Å²) in [6.45, 7) is 2.91. The van der Waals surface area contributed by atoms with Crippen LogP contribution in [0.4, 0.5) is 15.7 Å². The first kappa shape index (κ1) is 15.5. The number of anilines is 2. The van der Waals surface area contributed by atoms with Crippen molar-refractivity contribution < 1.29 is 9.53 Å². The molecule has 0 bridgehead atoms.